The van der Waals surface area contributed by atoms with Gasteiger partial charge in [-0.1, -0.05) is 50.7 Å². The summed E-state index contributed by atoms with van der Waals surface area (Å²) in [6.45, 7) is 0. The zero-order valence-corrected chi connectivity index (χ0v) is 14.6. The molecule has 0 spiro atoms. The zero-order valence-electron chi connectivity index (χ0n) is 9.88. The summed E-state index contributed by atoms with van der Waals surface area (Å²) in [5.74, 6) is 0. The van der Waals surface area contributed by atoms with E-state index in [9.17, 15) is 0 Å². The molecule has 2 aromatic rings. The van der Waals surface area contributed by atoms with E-state index in [1.807, 2.05) is 24.3 Å². The number of nitrogens with one attached hydrogen (secondary N) is 2. The summed E-state index contributed by atoms with van der Waals surface area (Å²) in [7, 11) is 0. The Kier molecular flexibility index (Phi) is 5.52. The molecule has 0 atom stereocenters. The van der Waals surface area contributed by atoms with Crippen molar-refractivity contribution in [1.29, 1.82) is 0 Å². The van der Waals surface area contributed by atoms with Crippen LogP contribution in [-0.4, -0.2) is 5.11 Å². The maximum absolute atomic E-state index is 6.07. The van der Waals surface area contributed by atoms with E-state index in [1.165, 1.54) is 0 Å². The lowest BCUT2D eigenvalue weighted by Gasteiger charge is -2.12. The maximum atomic E-state index is 6.07. The first-order valence-corrected chi connectivity index (χ1v) is 7.77. The molecule has 0 aliphatic carbocycles. The van der Waals surface area contributed by atoms with E-state index in [2.05, 4.69) is 26.6 Å². The minimum atomic E-state index is 0.397. The van der Waals surface area contributed by atoms with Gasteiger partial charge in [0, 0.05) is 10.2 Å². The lowest BCUT2D eigenvalue weighted by molar-refractivity contribution is 1.58. The van der Waals surface area contributed by atoms with Crippen LogP contribution < -0.4 is 10.6 Å². The largest absolute Gasteiger partial charge is 0.332 e. The molecule has 0 bridgehead atoms. The summed E-state index contributed by atoms with van der Waals surface area (Å²) in [6.07, 6.45) is 0. The van der Waals surface area contributed by atoms with Crippen molar-refractivity contribution in [1.82, 2.24) is 0 Å². The number of hydrogen-bond acceptors (Lipinski definition) is 1. The quantitative estimate of drug-likeness (QED) is 0.454. The van der Waals surface area contributed by atoms with Crippen molar-refractivity contribution in [2.24, 2.45) is 0 Å². The van der Waals surface area contributed by atoms with Crippen molar-refractivity contribution in [3.8, 4) is 0 Å². The monoisotopic (exact) mass is 408 g/mol. The summed E-state index contributed by atoms with van der Waals surface area (Å²) in [5.41, 5.74) is 1.46. The van der Waals surface area contributed by atoms with Gasteiger partial charge in [-0.05, 0) is 48.6 Å². The molecular weight excluding hydrogens is 402 g/mol. The maximum Gasteiger partial charge on any atom is 0.175 e. The van der Waals surface area contributed by atoms with Gasteiger partial charge >= 0.3 is 0 Å². The first-order chi connectivity index (χ1) is 9.45. The van der Waals surface area contributed by atoms with E-state index >= 15 is 0 Å². The average Bonchev–Trinajstić information content (AvgIpc) is 2.39. The van der Waals surface area contributed by atoms with Gasteiger partial charge in [-0.3, -0.25) is 0 Å². The first-order valence-electron chi connectivity index (χ1n) is 5.44. The molecule has 2 N–H and O–H groups in total. The molecule has 0 radical (unpaired) electrons. The summed E-state index contributed by atoms with van der Waals surface area (Å²) in [4.78, 5) is 0. The van der Waals surface area contributed by atoms with Gasteiger partial charge in [0.15, 0.2) is 5.11 Å². The third-order valence-electron chi connectivity index (χ3n) is 2.36. The molecule has 0 aliphatic rings. The molecule has 2 rings (SSSR count). The molecular formula is C13H8BrCl3N2S. The fourth-order valence-electron chi connectivity index (χ4n) is 1.44. The van der Waals surface area contributed by atoms with Crippen molar-refractivity contribution in [2.75, 3.05) is 10.6 Å². The number of rotatable bonds is 2. The van der Waals surface area contributed by atoms with Crippen molar-refractivity contribution in [3.63, 3.8) is 0 Å². The Morgan fingerprint density at radius 2 is 1.50 bits per heavy atom. The fourth-order valence-corrected chi connectivity index (χ4v) is 2.52. The number of halogens is 4. The Bertz CT molecular complexity index is 647. The van der Waals surface area contributed by atoms with Crippen LogP contribution in [-0.2, 0) is 0 Å². The van der Waals surface area contributed by atoms with Crippen LogP contribution >= 0.6 is 63.0 Å². The van der Waals surface area contributed by atoms with Crippen molar-refractivity contribution < 1.29 is 0 Å². The molecule has 0 aliphatic heterocycles. The van der Waals surface area contributed by atoms with Crippen LogP contribution in [0.2, 0.25) is 15.1 Å². The van der Waals surface area contributed by atoms with Crippen molar-refractivity contribution in [2.45, 2.75) is 0 Å². The second kappa shape index (κ2) is 6.96. The van der Waals surface area contributed by atoms with Gasteiger partial charge in [-0.15, -0.1) is 0 Å². The third-order valence-corrected chi connectivity index (χ3v) is 4.13. The Labute approximate surface area is 145 Å². The lowest BCUT2D eigenvalue weighted by atomic mass is 10.3. The SMILES string of the molecule is S=C(Nc1ccc(Br)cc1)Nc1cc(Cl)c(Cl)cc1Cl. The van der Waals surface area contributed by atoms with Gasteiger partial charge < -0.3 is 10.6 Å². The number of hydrogen-bond donors (Lipinski definition) is 2. The second-order valence-electron chi connectivity index (χ2n) is 3.83. The highest BCUT2D eigenvalue weighted by Gasteiger charge is 2.07. The van der Waals surface area contributed by atoms with Crippen molar-refractivity contribution in [3.05, 3.63) is 55.9 Å². The van der Waals surface area contributed by atoms with E-state index in [0.717, 1.165) is 10.2 Å². The minimum Gasteiger partial charge on any atom is -0.332 e. The molecule has 7 heteroatoms. The van der Waals surface area contributed by atoms with E-state index in [4.69, 9.17) is 47.0 Å². The predicted octanol–water partition coefficient (Wildman–Crippen LogP) is 6.22. The van der Waals surface area contributed by atoms with E-state index in [0.29, 0.717) is 25.9 Å². The highest BCUT2D eigenvalue weighted by Crippen LogP contribution is 2.32. The van der Waals surface area contributed by atoms with Gasteiger partial charge in [0.2, 0.25) is 0 Å². The Balaban J connectivity index is 2.08. The third kappa shape index (κ3) is 4.24. The summed E-state index contributed by atoms with van der Waals surface area (Å²) in [5, 5.41) is 7.68. The van der Waals surface area contributed by atoms with Gasteiger partial charge in [0.1, 0.15) is 0 Å². The number of thiocarbonyl (C=S) groups is 1. The van der Waals surface area contributed by atoms with Gasteiger partial charge in [-0.2, -0.15) is 0 Å². The number of anilines is 2. The molecule has 2 nitrogen and oxygen atoms in total. The highest BCUT2D eigenvalue weighted by molar-refractivity contribution is 9.10. The smallest absolute Gasteiger partial charge is 0.175 e. The standard InChI is InChI=1S/C13H8BrCl3N2S/c14-7-1-3-8(4-2-7)18-13(20)19-12-6-10(16)9(15)5-11(12)17/h1-6H,(H2,18,19,20). The summed E-state index contributed by atoms with van der Waals surface area (Å²) in [6, 6.07) is 10.8. The zero-order chi connectivity index (χ0) is 14.7. The summed E-state index contributed by atoms with van der Waals surface area (Å²) >= 11 is 26.5. The van der Waals surface area contributed by atoms with Crippen LogP contribution in [0.1, 0.15) is 0 Å². The molecule has 0 saturated carbocycles. The second-order valence-corrected chi connectivity index (χ2v) is 6.38. The molecule has 0 fully saturated rings. The molecule has 104 valence electrons. The van der Waals surface area contributed by atoms with Gasteiger partial charge in [-0.25, -0.2) is 0 Å². The minimum absolute atomic E-state index is 0.397. The molecule has 0 unspecified atom stereocenters. The van der Waals surface area contributed by atoms with E-state index in [-0.39, 0.29) is 0 Å². The normalized spacial score (nSPS) is 10.2. The topological polar surface area (TPSA) is 24.1 Å². The molecule has 0 saturated heterocycles. The molecule has 0 heterocycles. The van der Waals surface area contributed by atoms with Gasteiger partial charge in [0.25, 0.3) is 0 Å². The van der Waals surface area contributed by atoms with E-state index in [1.54, 1.807) is 12.1 Å². The Hall–Kier alpha value is -0.520. The van der Waals surface area contributed by atoms with Crippen LogP contribution in [0.5, 0.6) is 0 Å². The highest BCUT2D eigenvalue weighted by atomic mass is 79.9. The first kappa shape index (κ1) is 15.9. The molecule has 2 aromatic carbocycles. The van der Waals surface area contributed by atoms with E-state index < -0.39 is 0 Å². The van der Waals surface area contributed by atoms with Crippen LogP contribution in [0.15, 0.2) is 40.9 Å². The van der Waals surface area contributed by atoms with Crippen LogP contribution in [0.25, 0.3) is 0 Å². The van der Waals surface area contributed by atoms with Crippen LogP contribution in [0.4, 0.5) is 11.4 Å². The number of benzene rings is 2. The van der Waals surface area contributed by atoms with Crippen molar-refractivity contribution >= 4 is 79.4 Å². The lowest BCUT2D eigenvalue weighted by Crippen LogP contribution is -2.19. The fraction of sp³-hybridized carbons (Fsp3) is 0. The summed E-state index contributed by atoms with van der Waals surface area (Å²) < 4.78 is 0.995. The average molecular weight is 411 g/mol. The molecule has 0 amide bonds. The predicted molar refractivity (Wildman–Crippen MR) is 95.5 cm³/mol. The van der Waals surface area contributed by atoms with Crippen LogP contribution in [0.3, 0.4) is 0 Å². The van der Waals surface area contributed by atoms with Crippen LogP contribution in [0, 0.1) is 0 Å². The molecule has 20 heavy (non-hydrogen) atoms. The van der Waals surface area contributed by atoms with Gasteiger partial charge in [0.05, 0.1) is 20.8 Å². The Morgan fingerprint density at radius 1 is 0.900 bits per heavy atom. The molecule has 0 aromatic heterocycles. The Morgan fingerprint density at radius 3 is 2.15 bits per heavy atom.